The molecule has 0 spiro atoms. The smallest absolute Gasteiger partial charge is 0.224 e. The number of nitrogens with zero attached hydrogens (tertiary/aromatic N) is 4. The highest BCUT2D eigenvalue weighted by Gasteiger charge is 2.43. The first-order valence-corrected chi connectivity index (χ1v) is 11.3. The standard InChI is InChI=1S/C25H29N5O2/c1-32-24-10-6-5-9-20(24)14-26-25(31)22-16-29-12-11-19(22)13-21(29)15-30-17-23(27-28-30)18-7-3-2-4-8-18/h2-10,17,19,21-22H,11-16H2,1H3,(H,26,31)/t19?,21-,22+/m1/s1. The van der Waals surface area contributed by atoms with Crippen molar-refractivity contribution in [3.05, 3.63) is 66.4 Å². The van der Waals surface area contributed by atoms with Crippen LogP contribution in [0, 0.1) is 11.8 Å². The molecule has 3 aliphatic rings. The van der Waals surface area contributed by atoms with Crippen LogP contribution in [-0.4, -0.2) is 52.0 Å². The van der Waals surface area contributed by atoms with Gasteiger partial charge in [0.1, 0.15) is 11.4 Å². The van der Waals surface area contributed by atoms with Crippen molar-refractivity contribution in [1.82, 2.24) is 25.2 Å². The second-order valence-electron chi connectivity index (χ2n) is 8.76. The normalized spacial score (nSPS) is 24.3. The van der Waals surface area contributed by atoms with Gasteiger partial charge < -0.3 is 10.1 Å². The Bertz CT molecular complexity index is 1070. The monoisotopic (exact) mass is 431 g/mol. The zero-order valence-electron chi connectivity index (χ0n) is 18.4. The van der Waals surface area contributed by atoms with Crippen molar-refractivity contribution in [3.63, 3.8) is 0 Å². The molecule has 0 saturated carbocycles. The highest BCUT2D eigenvalue weighted by Crippen LogP contribution is 2.37. The van der Waals surface area contributed by atoms with Crippen LogP contribution >= 0.6 is 0 Å². The van der Waals surface area contributed by atoms with E-state index in [9.17, 15) is 4.79 Å². The molecule has 1 N–H and O–H groups in total. The molecule has 6 rings (SSSR count). The number of methoxy groups -OCH3 is 1. The van der Waals surface area contributed by atoms with Gasteiger partial charge >= 0.3 is 0 Å². The van der Waals surface area contributed by atoms with E-state index in [0.717, 1.165) is 55.0 Å². The van der Waals surface area contributed by atoms with Crippen LogP contribution in [-0.2, 0) is 17.9 Å². The SMILES string of the molecule is COc1ccccc1CNC(=O)[C@H]1CN2CCC1C[C@@H]2Cn1cc(-c2ccccc2)nn1. The number of hydrogen-bond donors (Lipinski definition) is 1. The fraction of sp³-hybridized carbons (Fsp3) is 0.400. The molecule has 4 atom stereocenters. The molecule has 32 heavy (non-hydrogen) atoms. The summed E-state index contributed by atoms with van der Waals surface area (Å²) in [4.78, 5) is 15.4. The van der Waals surface area contributed by atoms with Crippen LogP contribution in [0.5, 0.6) is 5.75 Å². The molecule has 1 amide bonds. The molecule has 3 saturated heterocycles. The Morgan fingerprint density at radius 1 is 1.16 bits per heavy atom. The number of amides is 1. The minimum Gasteiger partial charge on any atom is -0.496 e. The van der Waals surface area contributed by atoms with Crippen molar-refractivity contribution in [3.8, 4) is 17.0 Å². The number of carbonyl (C=O) groups excluding carboxylic acids is 1. The van der Waals surface area contributed by atoms with Crippen LogP contribution in [0.15, 0.2) is 60.8 Å². The summed E-state index contributed by atoms with van der Waals surface area (Å²) in [5, 5.41) is 11.8. The molecule has 7 heteroatoms. The summed E-state index contributed by atoms with van der Waals surface area (Å²) in [6.45, 7) is 3.17. The maximum Gasteiger partial charge on any atom is 0.224 e. The van der Waals surface area contributed by atoms with Gasteiger partial charge in [-0.3, -0.25) is 14.4 Å². The topological polar surface area (TPSA) is 72.3 Å². The van der Waals surface area contributed by atoms with Gasteiger partial charge in [0.15, 0.2) is 0 Å². The Hall–Kier alpha value is -3.19. The molecular formula is C25H29N5O2. The van der Waals surface area contributed by atoms with Gasteiger partial charge in [-0.2, -0.15) is 0 Å². The maximum atomic E-state index is 13.0. The molecule has 0 aliphatic carbocycles. The molecule has 3 aromatic rings. The summed E-state index contributed by atoms with van der Waals surface area (Å²) in [5.41, 5.74) is 2.98. The lowest BCUT2D eigenvalue weighted by Gasteiger charge is -2.49. The minimum absolute atomic E-state index is 0.0466. The Morgan fingerprint density at radius 2 is 1.97 bits per heavy atom. The number of rotatable bonds is 7. The highest BCUT2D eigenvalue weighted by atomic mass is 16.5. The van der Waals surface area contributed by atoms with Crippen LogP contribution in [0.1, 0.15) is 18.4 Å². The first kappa shape index (κ1) is 20.7. The first-order valence-electron chi connectivity index (χ1n) is 11.3. The second-order valence-corrected chi connectivity index (χ2v) is 8.76. The number of para-hydroxylation sites is 1. The average molecular weight is 432 g/mol. The molecule has 4 heterocycles. The van der Waals surface area contributed by atoms with E-state index in [1.54, 1.807) is 7.11 Å². The molecule has 2 unspecified atom stereocenters. The van der Waals surface area contributed by atoms with Crippen molar-refractivity contribution >= 4 is 5.91 Å². The fourth-order valence-electron chi connectivity index (χ4n) is 5.13. The minimum atomic E-state index is 0.0466. The quantitative estimate of drug-likeness (QED) is 0.623. The third kappa shape index (κ3) is 4.25. The van der Waals surface area contributed by atoms with Crippen LogP contribution in [0.4, 0.5) is 0 Å². The number of hydrogen-bond acceptors (Lipinski definition) is 5. The molecule has 2 bridgehead atoms. The van der Waals surface area contributed by atoms with Crippen LogP contribution < -0.4 is 10.1 Å². The predicted octanol–water partition coefficient (Wildman–Crippen LogP) is 2.98. The third-order valence-electron chi connectivity index (χ3n) is 6.87. The van der Waals surface area contributed by atoms with Crippen LogP contribution in [0.3, 0.4) is 0 Å². The number of ether oxygens (including phenoxy) is 1. The Balaban J connectivity index is 1.19. The zero-order valence-corrected chi connectivity index (χ0v) is 18.4. The van der Waals surface area contributed by atoms with Gasteiger partial charge in [0.05, 0.1) is 25.8 Å². The van der Waals surface area contributed by atoms with Gasteiger partial charge in [0, 0.05) is 30.3 Å². The van der Waals surface area contributed by atoms with E-state index in [-0.39, 0.29) is 11.8 Å². The molecule has 166 valence electrons. The molecular weight excluding hydrogens is 402 g/mol. The van der Waals surface area contributed by atoms with E-state index in [0.29, 0.717) is 18.5 Å². The van der Waals surface area contributed by atoms with Crippen molar-refractivity contribution in [2.75, 3.05) is 20.2 Å². The number of fused-ring (bicyclic) bond motifs is 3. The largest absolute Gasteiger partial charge is 0.496 e. The van der Waals surface area contributed by atoms with E-state index in [1.165, 1.54) is 0 Å². The first-order chi connectivity index (χ1) is 15.7. The number of benzene rings is 2. The van der Waals surface area contributed by atoms with Crippen molar-refractivity contribution < 1.29 is 9.53 Å². The summed E-state index contributed by atoms with van der Waals surface area (Å²) >= 11 is 0. The van der Waals surface area contributed by atoms with Crippen LogP contribution in [0.2, 0.25) is 0 Å². The summed E-state index contributed by atoms with van der Waals surface area (Å²) in [5.74, 6) is 1.42. The molecule has 0 radical (unpaired) electrons. The van der Waals surface area contributed by atoms with Gasteiger partial charge in [0.2, 0.25) is 5.91 Å². The summed E-state index contributed by atoms with van der Waals surface area (Å²) in [6.07, 6.45) is 4.12. The lowest BCUT2D eigenvalue weighted by atomic mass is 9.75. The number of nitrogens with one attached hydrogen (secondary N) is 1. The second kappa shape index (κ2) is 9.12. The Morgan fingerprint density at radius 3 is 2.75 bits per heavy atom. The van der Waals surface area contributed by atoms with Gasteiger partial charge in [0.25, 0.3) is 0 Å². The summed E-state index contributed by atoms with van der Waals surface area (Å²) in [7, 11) is 1.66. The highest BCUT2D eigenvalue weighted by molar-refractivity contribution is 5.79. The summed E-state index contributed by atoms with van der Waals surface area (Å²) < 4.78 is 7.35. The zero-order chi connectivity index (χ0) is 21.9. The van der Waals surface area contributed by atoms with Crippen molar-refractivity contribution in [1.29, 1.82) is 0 Å². The third-order valence-corrected chi connectivity index (χ3v) is 6.87. The van der Waals surface area contributed by atoms with Gasteiger partial charge in [-0.05, 0) is 31.4 Å². The van der Waals surface area contributed by atoms with E-state index in [2.05, 4.69) is 32.7 Å². The van der Waals surface area contributed by atoms with Gasteiger partial charge in [-0.25, -0.2) is 0 Å². The number of carbonyl (C=O) groups is 1. The van der Waals surface area contributed by atoms with Gasteiger partial charge in [-0.15, -0.1) is 5.10 Å². The predicted molar refractivity (Wildman–Crippen MR) is 122 cm³/mol. The van der Waals surface area contributed by atoms with Crippen molar-refractivity contribution in [2.45, 2.75) is 32.0 Å². The number of aromatic nitrogens is 3. The Kier molecular flexibility index (Phi) is 5.90. The fourth-order valence-corrected chi connectivity index (χ4v) is 5.13. The molecule has 3 fully saturated rings. The van der Waals surface area contributed by atoms with Gasteiger partial charge in [-0.1, -0.05) is 53.7 Å². The van der Waals surface area contributed by atoms with E-state index >= 15 is 0 Å². The average Bonchev–Trinajstić information content (AvgIpc) is 3.32. The molecule has 3 aliphatic heterocycles. The summed E-state index contributed by atoms with van der Waals surface area (Å²) in [6, 6.07) is 18.4. The van der Waals surface area contributed by atoms with E-state index < -0.39 is 0 Å². The molecule has 7 nitrogen and oxygen atoms in total. The molecule has 2 aromatic carbocycles. The van der Waals surface area contributed by atoms with E-state index in [1.807, 2.05) is 53.3 Å². The maximum absolute atomic E-state index is 13.0. The lowest BCUT2D eigenvalue weighted by Crippen LogP contribution is -2.58. The van der Waals surface area contributed by atoms with E-state index in [4.69, 9.17) is 4.74 Å². The number of piperidine rings is 3. The lowest BCUT2D eigenvalue weighted by molar-refractivity contribution is -0.133. The molecule has 1 aromatic heterocycles. The van der Waals surface area contributed by atoms with Crippen molar-refractivity contribution in [2.24, 2.45) is 11.8 Å². The Labute approximate surface area is 188 Å². The van der Waals surface area contributed by atoms with Crippen LogP contribution in [0.25, 0.3) is 11.3 Å².